The van der Waals surface area contributed by atoms with Crippen LogP contribution in [0.4, 0.5) is 5.13 Å². The lowest BCUT2D eigenvalue weighted by molar-refractivity contribution is 0.426. The molecule has 1 fully saturated rings. The third-order valence-electron chi connectivity index (χ3n) is 5.64. The average Bonchev–Trinajstić information content (AvgIpc) is 3.39. The van der Waals surface area contributed by atoms with Gasteiger partial charge in [-0.3, -0.25) is 10.0 Å². The summed E-state index contributed by atoms with van der Waals surface area (Å²) in [4.78, 5) is 4.94. The Hall–Kier alpha value is -3.63. The van der Waals surface area contributed by atoms with Gasteiger partial charge in [0.2, 0.25) is 5.13 Å². The maximum atomic E-state index is 4.94. The van der Waals surface area contributed by atoms with Crippen molar-refractivity contribution in [3.05, 3.63) is 120 Å². The minimum atomic E-state index is 0.206. The van der Waals surface area contributed by atoms with Crippen LogP contribution in [0.15, 0.2) is 109 Å². The molecule has 2 heterocycles. The minimum absolute atomic E-state index is 0.206. The van der Waals surface area contributed by atoms with Gasteiger partial charge in [-0.1, -0.05) is 108 Å². The molecule has 4 heteroatoms. The molecule has 1 aromatic heterocycles. The molecule has 5 rings (SSSR count). The molecule has 4 aromatic rings. The van der Waals surface area contributed by atoms with Crippen molar-refractivity contribution in [1.82, 2.24) is 9.99 Å². The van der Waals surface area contributed by atoms with E-state index >= 15 is 0 Å². The number of allylic oxidation sites excluding steroid dienone is 2. The fourth-order valence-corrected chi connectivity index (χ4v) is 5.03. The van der Waals surface area contributed by atoms with Crippen LogP contribution < -0.4 is 5.01 Å². The number of nitrogens with zero attached hydrogens (tertiary/aromatic N) is 3. The Morgan fingerprint density at radius 3 is 2.22 bits per heavy atom. The molecule has 1 aliphatic heterocycles. The lowest BCUT2D eigenvalue weighted by Gasteiger charge is -2.29. The first-order chi connectivity index (χ1) is 15.8. The summed E-state index contributed by atoms with van der Waals surface area (Å²) < 4.78 is 1.21. The summed E-state index contributed by atoms with van der Waals surface area (Å²) in [6.07, 6.45) is 11.9. The third kappa shape index (κ3) is 4.36. The Morgan fingerprint density at radius 1 is 0.844 bits per heavy atom. The first-order valence-corrected chi connectivity index (χ1v) is 11.6. The van der Waals surface area contributed by atoms with Gasteiger partial charge in [-0.2, -0.15) is 0 Å². The SMILES string of the molecule is CN1C(=CC=Cc2ccccc2)CC(C=Cc2ccccc2)N1c1nc2ccccc2s1. The van der Waals surface area contributed by atoms with Crippen molar-refractivity contribution in [1.29, 1.82) is 0 Å². The first kappa shape index (κ1) is 20.3. The van der Waals surface area contributed by atoms with Crippen LogP contribution in [0.3, 0.4) is 0 Å². The molecule has 0 bridgehead atoms. The van der Waals surface area contributed by atoms with E-state index in [0.717, 1.165) is 17.1 Å². The molecule has 0 saturated carbocycles. The van der Waals surface area contributed by atoms with Crippen LogP contribution in [0, 0.1) is 0 Å². The van der Waals surface area contributed by atoms with Crippen molar-refractivity contribution >= 4 is 38.8 Å². The number of aromatic nitrogens is 1. The lowest BCUT2D eigenvalue weighted by Crippen LogP contribution is -2.37. The molecule has 1 aliphatic rings. The van der Waals surface area contributed by atoms with Crippen LogP contribution in [-0.2, 0) is 0 Å². The molecule has 0 radical (unpaired) electrons. The second-order valence-corrected chi connectivity index (χ2v) is 8.81. The fourth-order valence-electron chi connectivity index (χ4n) is 3.97. The van der Waals surface area contributed by atoms with E-state index in [0.29, 0.717) is 0 Å². The fraction of sp³-hybridized carbons (Fsp3) is 0.107. The number of anilines is 1. The van der Waals surface area contributed by atoms with Crippen molar-refractivity contribution in [3.8, 4) is 0 Å². The Labute approximate surface area is 193 Å². The van der Waals surface area contributed by atoms with Gasteiger partial charge in [-0.05, 0) is 29.3 Å². The minimum Gasteiger partial charge on any atom is -0.290 e. The summed E-state index contributed by atoms with van der Waals surface area (Å²) in [6.45, 7) is 0. The molecule has 0 aliphatic carbocycles. The molecular formula is C28H25N3S. The lowest BCUT2D eigenvalue weighted by atomic mass is 10.1. The Balaban J connectivity index is 1.46. The van der Waals surface area contributed by atoms with Crippen LogP contribution >= 0.6 is 11.3 Å². The zero-order chi connectivity index (χ0) is 21.8. The summed E-state index contributed by atoms with van der Waals surface area (Å²) in [7, 11) is 2.13. The second kappa shape index (κ2) is 9.25. The van der Waals surface area contributed by atoms with E-state index in [2.05, 4.69) is 114 Å². The van der Waals surface area contributed by atoms with E-state index in [9.17, 15) is 0 Å². The van der Waals surface area contributed by atoms with E-state index in [1.165, 1.54) is 21.5 Å². The number of hydrogen-bond donors (Lipinski definition) is 0. The van der Waals surface area contributed by atoms with Gasteiger partial charge < -0.3 is 0 Å². The topological polar surface area (TPSA) is 19.4 Å². The first-order valence-electron chi connectivity index (χ1n) is 10.8. The summed E-state index contributed by atoms with van der Waals surface area (Å²) in [6, 6.07) is 29.4. The number of hydrogen-bond acceptors (Lipinski definition) is 4. The van der Waals surface area contributed by atoms with Crippen LogP contribution in [0.5, 0.6) is 0 Å². The highest BCUT2D eigenvalue weighted by Crippen LogP contribution is 2.37. The van der Waals surface area contributed by atoms with Gasteiger partial charge in [-0.25, -0.2) is 4.98 Å². The predicted molar refractivity (Wildman–Crippen MR) is 137 cm³/mol. The van der Waals surface area contributed by atoms with Crippen molar-refractivity contribution in [2.75, 3.05) is 12.1 Å². The number of para-hydroxylation sites is 1. The quantitative estimate of drug-likeness (QED) is 0.335. The highest BCUT2D eigenvalue weighted by atomic mass is 32.1. The average molecular weight is 436 g/mol. The predicted octanol–water partition coefficient (Wildman–Crippen LogP) is 7.03. The van der Waals surface area contributed by atoms with Gasteiger partial charge in [0, 0.05) is 19.2 Å². The number of benzene rings is 3. The second-order valence-electron chi connectivity index (χ2n) is 7.80. The summed E-state index contributed by atoms with van der Waals surface area (Å²) in [5.74, 6) is 0. The molecule has 3 aromatic carbocycles. The zero-order valence-electron chi connectivity index (χ0n) is 18.0. The summed E-state index contributed by atoms with van der Waals surface area (Å²) >= 11 is 1.74. The summed E-state index contributed by atoms with van der Waals surface area (Å²) in [5.41, 5.74) is 4.72. The third-order valence-corrected chi connectivity index (χ3v) is 6.66. The zero-order valence-corrected chi connectivity index (χ0v) is 18.8. The number of hydrazine groups is 1. The van der Waals surface area contributed by atoms with Crippen LogP contribution in [0.1, 0.15) is 17.5 Å². The van der Waals surface area contributed by atoms with Crippen molar-refractivity contribution < 1.29 is 0 Å². The Morgan fingerprint density at radius 2 is 1.50 bits per heavy atom. The maximum absolute atomic E-state index is 4.94. The Bertz CT molecular complexity index is 1240. The van der Waals surface area contributed by atoms with E-state index < -0.39 is 0 Å². The largest absolute Gasteiger partial charge is 0.290 e. The monoisotopic (exact) mass is 435 g/mol. The van der Waals surface area contributed by atoms with E-state index in [4.69, 9.17) is 4.98 Å². The molecule has 0 amide bonds. The molecule has 1 atom stereocenters. The van der Waals surface area contributed by atoms with Crippen molar-refractivity contribution in [2.24, 2.45) is 0 Å². The Kier molecular flexibility index (Phi) is 5.86. The normalized spacial score (nSPS) is 18.0. The van der Waals surface area contributed by atoms with Gasteiger partial charge in [0.15, 0.2) is 0 Å². The molecule has 3 nitrogen and oxygen atoms in total. The van der Waals surface area contributed by atoms with Crippen LogP contribution in [0.2, 0.25) is 0 Å². The molecule has 1 unspecified atom stereocenters. The van der Waals surface area contributed by atoms with Crippen LogP contribution in [-0.4, -0.2) is 23.1 Å². The molecule has 0 spiro atoms. The van der Waals surface area contributed by atoms with Crippen molar-refractivity contribution in [3.63, 3.8) is 0 Å². The van der Waals surface area contributed by atoms with E-state index in [-0.39, 0.29) is 6.04 Å². The van der Waals surface area contributed by atoms with Crippen molar-refractivity contribution in [2.45, 2.75) is 12.5 Å². The highest BCUT2D eigenvalue weighted by Gasteiger charge is 2.33. The van der Waals surface area contributed by atoms with Gasteiger partial charge in [-0.15, -0.1) is 0 Å². The maximum Gasteiger partial charge on any atom is 0.206 e. The van der Waals surface area contributed by atoms with Gasteiger partial charge in [0.25, 0.3) is 0 Å². The number of fused-ring (bicyclic) bond motifs is 1. The van der Waals surface area contributed by atoms with Gasteiger partial charge >= 0.3 is 0 Å². The van der Waals surface area contributed by atoms with Gasteiger partial charge in [0.1, 0.15) is 0 Å². The highest BCUT2D eigenvalue weighted by molar-refractivity contribution is 7.22. The molecule has 32 heavy (non-hydrogen) atoms. The number of thiazole rings is 1. The molecule has 158 valence electrons. The molecular weight excluding hydrogens is 410 g/mol. The van der Waals surface area contributed by atoms with Gasteiger partial charge in [0.05, 0.1) is 16.3 Å². The molecule has 0 N–H and O–H groups in total. The molecule has 1 saturated heterocycles. The number of rotatable bonds is 5. The standard InChI is InChI=1S/C28H25N3S/c1-30-24(16-10-15-22-11-4-2-5-12-22)21-25(20-19-23-13-6-3-7-14-23)31(30)28-29-26-17-8-9-18-27(26)32-28/h2-20,25H,21H2,1H3. The van der Waals surface area contributed by atoms with Crippen LogP contribution in [0.25, 0.3) is 22.4 Å². The van der Waals surface area contributed by atoms with E-state index in [1.807, 2.05) is 18.2 Å². The summed E-state index contributed by atoms with van der Waals surface area (Å²) in [5, 5.41) is 5.58. The smallest absolute Gasteiger partial charge is 0.206 e. The van der Waals surface area contributed by atoms with E-state index in [1.54, 1.807) is 11.3 Å².